The lowest BCUT2D eigenvalue weighted by molar-refractivity contribution is 0.102. The van der Waals surface area contributed by atoms with E-state index in [9.17, 15) is 4.79 Å². The quantitative estimate of drug-likeness (QED) is 0.712. The number of aromatic nitrogens is 4. The molecule has 25 heavy (non-hydrogen) atoms. The van der Waals surface area contributed by atoms with Crippen LogP contribution in [0.4, 0.5) is 11.6 Å². The van der Waals surface area contributed by atoms with Crippen LogP contribution in [0.3, 0.4) is 0 Å². The molecule has 0 unspecified atom stereocenters. The second kappa shape index (κ2) is 7.43. The van der Waals surface area contributed by atoms with Crippen molar-refractivity contribution in [1.82, 2.24) is 19.7 Å². The molecule has 0 aromatic carbocycles. The molecule has 0 saturated heterocycles. The molecule has 3 N–H and O–H groups in total. The molecule has 0 bridgehead atoms. The molecule has 8 nitrogen and oxygen atoms in total. The number of nitrogen functional groups attached to an aromatic ring is 1. The number of hydrogen-bond donors (Lipinski definition) is 2. The predicted octanol–water partition coefficient (Wildman–Crippen LogP) is 2.11. The van der Waals surface area contributed by atoms with E-state index in [4.69, 9.17) is 10.5 Å². The zero-order chi connectivity index (χ0) is 17.6. The highest BCUT2D eigenvalue weighted by Crippen LogP contribution is 2.19. The second-order valence-corrected chi connectivity index (χ2v) is 5.24. The number of pyridine rings is 2. The number of nitrogens with one attached hydrogen (secondary N) is 1. The Morgan fingerprint density at radius 1 is 1.28 bits per heavy atom. The number of nitrogens with zero attached hydrogens (tertiary/aromatic N) is 4. The minimum atomic E-state index is -0.311. The summed E-state index contributed by atoms with van der Waals surface area (Å²) in [6.07, 6.45) is 4.96. The Kier molecular flexibility index (Phi) is 4.89. The number of ether oxygens (including phenoxy) is 1. The number of hydrogen-bond acceptors (Lipinski definition) is 6. The van der Waals surface area contributed by atoms with Crippen molar-refractivity contribution in [1.29, 1.82) is 0 Å². The Morgan fingerprint density at radius 3 is 2.92 bits per heavy atom. The Bertz CT molecular complexity index is 877. The van der Waals surface area contributed by atoms with Crippen LogP contribution in [0.5, 0.6) is 5.75 Å². The molecule has 0 aliphatic carbocycles. The van der Waals surface area contributed by atoms with Gasteiger partial charge in [0.25, 0.3) is 5.91 Å². The molecule has 0 atom stereocenters. The Labute approximate surface area is 144 Å². The van der Waals surface area contributed by atoms with Crippen LogP contribution >= 0.6 is 0 Å². The van der Waals surface area contributed by atoms with Crippen molar-refractivity contribution in [3.8, 4) is 5.75 Å². The van der Waals surface area contributed by atoms with E-state index in [0.29, 0.717) is 29.6 Å². The van der Waals surface area contributed by atoms with Gasteiger partial charge in [0, 0.05) is 25.1 Å². The first-order valence-corrected chi connectivity index (χ1v) is 7.78. The Morgan fingerprint density at radius 2 is 2.16 bits per heavy atom. The average Bonchev–Trinajstić information content (AvgIpc) is 3.11. The normalized spacial score (nSPS) is 10.4. The van der Waals surface area contributed by atoms with Crippen molar-refractivity contribution in [2.45, 2.75) is 20.1 Å². The molecule has 3 rings (SSSR count). The van der Waals surface area contributed by atoms with Gasteiger partial charge in [-0.05, 0) is 42.8 Å². The summed E-state index contributed by atoms with van der Waals surface area (Å²) in [4.78, 5) is 20.3. The zero-order valence-electron chi connectivity index (χ0n) is 13.7. The maximum atomic E-state index is 12.2. The molecule has 0 spiro atoms. The number of nitrogens with two attached hydrogens (primary N) is 1. The highest BCUT2D eigenvalue weighted by Gasteiger charge is 2.10. The lowest BCUT2D eigenvalue weighted by Crippen LogP contribution is -2.14. The van der Waals surface area contributed by atoms with Crippen molar-refractivity contribution in [3.05, 3.63) is 60.2 Å². The highest BCUT2D eigenvalue weighted by atomic mass is 16.5. The monoisotopic (exact) mass is 338 g/mol. The molecule has 128 valence electrons. The first-order chi connectivity index (χ1) is 12.2. The predicted molar refractivity (Wildman–Crippen MR) is 93.1 cm³/mol. The van der Waals surface area contributed by atoms with Crippen LogP contribution in [-0.2, 0) is 13.2 Å². The number of aryl methyl sites for hydroxylation is 1. The van der Waals surface area contributed by atoms with Gasteiger partial charge in [-0.15, -0.1) is 0 Å². The molecule has 0 fully saturated rings. The molecule has 3 aromatic rings. The Hall–Kier alpha value is -3.42. The molecule has 0 aliphatic heterocycles. The molecule has 0 radical (unpaired) electrons. The Balaban J connectivity index is 1.65. The van der Waals surface area contributed by atoms with Gasteiger partial charge >= 0.3 is 0 Å². The zero-order valence-corrected chi connectivity index (χ0v) is 13.7. The molecule has 3 aromatic heterocycles. The molecule has 0 aliphatic rings. The fourth-order valence-corrected chi connectivity index (χ4v) is 2.16. The molecular formula is C17H18N6O2. The van der Waals surface area contributed by atoms with Crippen molar-refractivity contribution in [3.63, 3.8) is 0 Å². The van der Waals surface area contributed by atoms with E-state index >= 15 is 0 Å². The van der Waals surface area contributed by atoms with Crippen LogP contribution in [-0.4, -0.2) is 25.7 Å². The van der Waals surface area contributed by atoms with Crippen LogP contribution in [0.2, 0.25) is 0 Å². The molecule has 3 heterocycles. The smallest absolute Gasteiger partial charge is 0.277 e. The van der Waals surface area contributed by atoms with Gasteiger partial charge in [-0.25, -0.2) is 9.97 Å². The summed E-state index contributed by atoms with van der Waals surface area (Å²) in [6, 6.07) is 8.70. The summed E-state index contributed by atoms with van der Waals surface area (Å²) >= 11 is 0. The molecule has 8 heteroatoms. The number of anilines is 2. The maximum absolute atomic E-state index is 12.2. The molecular weight excluding hydrogens is 320 g/mol. The third-order valence-electron chi connectivity index (χ3n) is 3.46. The number of carbonyl (C=O) groups excluding carboxylic acids is 1. The lowest BCUT2D eigenvalue weighted by Gasteiger charge is -2.09. The highest BCUT2D eigenvalue weighted by molar-refractivity contribution is 6.02. The van der Waals surface area contributed by atoms with E-state index < -0.39 is 0 Å². The van der Waals surface area contributed by atoms with Gasteiger partial charge < -0.3 is 15.8 Å². The first kappa shape index (κ1) is 16.4. The van der Waals surface area contributed by atoms with Gasteiger partial charge in [0.2, 0.25) is 0 Å². The number of carbonyl (C=O) groups is 1. The average molecular weight is 338 g/mol. The van der Waals surface area contributed by atoms with Crippen LogP contribution in [0.1, 0.15) is 23.0 Å². The molecule has 1 amide bonds. The summed E-state index contributed by atoms with van der Waals surface area (Å²) in [6.45, 7) is 2.94. The van der Waals surface area contributed by atoms with Crippen LogP contribution in [0.15, 0.2) is 48.9 Å². The van der Waals surface area contributed by atoms with Gasteiger partial charge in [0.15, 0.2) is 17.3 Å². The summed E-state index contributed by atoms with van der Waals surface area (Å²) in [7, 11) is 0. The topological polar surface area (TPSA) is 108 Å². The van der Waals surface area contributed by atoms with Crippen molar-refractivity contribution >= 4 is 17.5 Å². The maximum Gasteiger partial charge on any atom is 0.277 e. The summed E-state index contributed by atoms with van der Waals surface area (Å²) < 4.78 is 7.33. The lowest BCUT2D eigenvalue weighted by atomic mass is 10.2. The van der Waals surface area contributed by atoms with Crippen LogP contribution < -0.4 is 15.8 Å². The first-order valence-electron chi connectivity index (χ1n) is 7.78. The van der Waals surface area contributed by atoms with Crippen LogP contribution in [0.25, 0.3) is 0 Å². The number of amides is 1. The van der Waals surface area contributed by atoms with Crippen molar-refractivity contribution < 1.29 is 9.53 Å². The third-order valence-corrected chi connectivity index (χ3v) is 3.46. The fraction of sp³-hybridized carbons (Fsp3) is 0.176. The van der Waals surface area contributed by atoms with Gasteiger partial charge in [0.05, 0.1) is 0 Å². The second-order valence-electron chi connectivity index (χ2n) is 5.24. The van der Waals surface area contributed by atoms with Crippen LogP contribution in [0, 0.1) is 0 Å². The van der Waals surface area contributed by atoms with E-state index in [1.807, 2.05) is 6.92 Å². The van der Waals surface area contributed by atoms with Gasteiger partial charge in [0.1, 0.15) is 12.4 Å². The van der Waals surface area contributed by atoms with E-state index in [1.165, 1.54) is 0 Å². The summed E-state index contributed by atoms with van der Waals surface area (Å²) in [5, 5.41) is 6.89. The SMILES string of the molecule is CCn1ccc(C(=O)Nc2cc(COc3cccnc3N)ccn2)n1. The fourth-order valence-electron chi connectivity index (χ4n) is 2.16. The standard InChI is InChI=1S/C17H18N6O2/c1-2-23-9-6-13(22-23)17(24)21-15-10-12(5-8-19-15)11-25-14-4-3-7-20-16(14)18/h3-10H,2,11H2,1H3,(H2,18,20)(H,19,21,24). The summed E-state index contributed by atoms with van der Waals surface area (Å²) in [5.41, 5.74) is 6.93. The largest absolute Gasteiger partial charge is 0.485 e. The van der Waals surface area contributed by atoms with E-state index in [2.05, 4.69) is 20.4 Å². The van der Waals surface area contributed by atoms with Crippen molar-refractivity contribution in [2.24, 2.45) is 0 Å². The van der Waals surface area contributed by atoms with E-state index in [-0.39, 0.29) is 12.5 Å². The third kappa shape index (κ3) is 4.11. The van der Waals surface area contributed by atoms with Crippen molar-refractivity contribution in [2.75, 3.05) is 11.1 Å². The summed E-state index contributed by atoms with van der Waals surface area (Å²) in [5.74, 6) is 0.956. The minimum absolute atomic E-state index is 0.283. The minimum Gasteiger partial charge on any atom is -0.485 e. The van der Waals surface area contributed by atoms with E-state index in [1.54, 1.807) is 53.6 Å². The number of rotatable bonds is 6. The van der Waals surface area contributed by atoms with Gasteiger partial charge in [-0.2, -0.15) is 5.10 Å². The van der Waals surface area contributed by atoms with Gasteiger partial charge in [-0.3, -0.25) is 9.48 Å². The van der Waals surface area contributed by atoms with E-state index in [0.717, 1.165) is 5.56 Å². The van der Waals surface area contributed by atoms with Gasteiger partial charge in [-0.1, -0.05) is 0 Å². The molecule has 0 saturated carbocycles.